The van der Waals surface area contributed by atoms with Gasteiger partial charge in [-0.05, 0) is 42.3 Å². The van der Waals surface area contributed by atoms with Crippen LogP contribution in [0.3, 0.4) is 0 Å². The third-order valence-electron chi connectivity index (χ3n) is 2.65. The van der Waals surface area contributed by atoms with Crippen LogP contribution in [0.1, 0.15) is 11.1 Å². The number of aromatic nitrogens is 1. The van der Waals surface area contributed by atoms with Gasteiger partial charge in [0.05, 0.1) is 5.02 Å². The maximum atomic E-state index is 12.9. The summed E-state index contributed by atoms with van der Waals surface area (Å²) in [5.41, 5.74) is 2.01. The molecule has 1 N–H and O–H groups in total. The Morgan fingerprint density at radius 1 is 1.28 bits per heavy atom. The molecule has 2 rings (SSSR count). The summed E-state index contributed by atoms with van der Waals surface area (Å²) < 4.78 is 12.9. The van der Waals surface area contributed by atoms with Gasteiger partial charge >= 0.3 is 0 Å². The summed E-state index contributed by atoms with van der Waals surface area (Å²) in [4.78, 5) is 3.93. The fraction of sp³-hybridized carbons (Fsp3) is 0.214. The van der Waals surface area contributed by atoms with Crippen LogP contribution >= 0.6 is 11.6 Å². The van der Waals surface area contributed by atoms with Crippen LogP contribution in [0.4, 0.5) is 4.39 Å². The number of pyridine rings is 1. The highest BCUT2D eigenvalue weighted by atomic mass is 35.5. The molecule has 2 nitrogen and oxygen atoms in total. The number of hydrogen-bond acceptors (Lipinski definition) is 2. The Bertz CT molecular complexity index is 517. The fourth-order valence-electron chi connectivity index (χ4n) is 1.70. The van der Waals surface area contributed by atoms with Crippen molar-refractivity contribution in [1.29, 1.82) is 0 Å². The number of benzene rings is 1. The Morgan fingerprint density at radius 3 is 2.94 bits per heavy atom. The summed E-state index contributed by atoms with van der Waals surface area (Å²) in [5, 5.41) is 3.94. The van der Waals surface area contributed by atoms with Crippen molar-refractivity contribution >= 4 is 11.6 Å². The van der Waals surface area contributed by atoms with Gasteiger partial charge in [0.25, 0.3) is 0 Å². The summed E-state index contributed by atoms with van der Waals surface area (Å²) in [6, 6.07) is 8.54. The SMILES string of the molecule is Fc1cccc(CCNCc2ccncc2Cl)c1. The summed E-state index contributed by atoms with van der Waals surface area (Å²) in [6.07, 6.45) is 4.14. The topological polar surface area (TPSA) is 24.9 Å². The summed E-state index contributed by atoms with van der Waals surface area (Å²) in [6.45, 7) is 1.47. The summed E-state index contributed by atoms with van der Waals surface area (Å²) in [5.74, 6) is -0.190. The zero-order valence-electron chi connectivity index (χ0n) is 9.87. The maximum Gasteiger partial charge on any atom is 0.123 e. The van der Waals surface area contributed by atoms with Crippen LogP contribution in [-0.4, -0.2) is 11.5 Å². The van der Waals surface area contributed by atoms with Crippen molar-refractivity contribution in [3.63, 3.8) is 0 Å². The third kappa shape index (κ3) is 3.79. The molecule has 1 heterocycles. The number of nitrogens with zero attached hydrogens (tertiary/aromatic N) is 1. The van der Waals surface area contributed by atoms with Gasteiger partial charge in [-0.2, -0.15) is 0 Å². The molecule has 0 atom stereocenters. The molecule has 0 unspecified atom stereocenters. The Balaban J connectivity index is 1.78. The Hall–Kier alpha value is -1.45. The molecule has 0 aliphatic carbocycles. The predicted molar refractivity (Wildman–Crippen MR) is 71.1 cm³/mol. The van der Waals surface area contributed by atoms with Crippen LogP contribution in [0.2, 0.25) is 5.02 Å². The zero-order valence-corrected chi connectivity index (χ0v) is 10.6. The summed E-state index contributed by atoms with van der Waals surface area (Å²) >= 11 is 5.99. The molecule has 0 spiro atoms. The van der Waals surface area contributed by atoms with Crippen molar-refractivity contribution < 1.29 is 4.39 Å². The van der Waals surface area contributed by atoms with Gasteiger partial charge in [-0.3, -0.25) is 4.98 Å². The van der Waals surface area contributed by atoms with E-state index in [0.717, 1.165) is 24.1 Å². The predicted octanol–water partition coefficient (Wildman–Crippen LogP) is 3.21. The van der Waals surface area contributed by atoms with Crippen molar-refractivity contribution in [1.82, 2.24) is 10.3 Å². The van der Waals surface area contributed by atoms with Crippen LogP contribution < -0.4 is 5.32 Å². The molecular formula is C14H14ClFN2. The molecule has 0 fully saturated rings. The number of halogens is 2. The van der Waals surface area contributed by atoms with Gasteiger partial charge < -0.3 is 5.32 Å². The molecule has 0 aliphatic heterocycles. The first-order valence-electron chi connectivity index (χ1n) is 5.79. The normalized spacial score (nSPS) is 10.6. The Labute approximate surface area is 111 Å². The number of nitrogens with one attached hydrogen (secondary N) is 1. The largest absolute Gasteiger partial charge is 0.312 e. The molecule has 0 radical (unpaired) electrons. The van der Waals surface area contributed by atoms with E-state index in [1.54, 1.807) is 24.5 Å². The molecule has 1 aromatic carbocycles. The molecule has 0 saturated heterocycles. The lowest BCUT2D eigenvalue weighted by molar-refractivity contribution is 0.622. The molecule has 0 aliphatic rings. The van der Waals surface area contributed by atoms with Gasteiger partial charge in [0, 0.05) is 18.9 Å². The van der Waals surface area contributed by atoms with Crippen LogP contribution in [0, 0.1) is 5.82 Å². The van der Waals surface area contributed by atoms with Crippen LogP contribution in [0.5, 0.6) is 0 Å². The minimum Gasteiger partial charge on any atom is -0.312 e. The van der Waals surface area contributed by atoms with Crippen LogP contribution in [0.25, 0.3) is 0 Å². The molecule has 1 aromatic heterocycles. The minimum absolute atomic E-state index is 0.190. The maximum absolute atomic E-state index is 12.9. The molecule has 4 heteroatoms. The van der Waals surface area contributed by atoms with Gasteiger partial charge in [-0.15, -0.1) is 0 Å². The van der Waals surface area contributed by atoms with Gasteiger partial charge in [-0.25, -0.2) is 4.39 Å². The first kappa shape index (κ1) is 13.0. The van der Waals surface area contributed by atoms with E-state index in [2.05, 4.69) is 10.3 Å². The third-order valence-corrected chi connectivity index (χ3v) is 2.99. The monoisotopic (exact) mass is 264 g/mol. The highest BCUT2D eigenvalue weighted by Gasteiger charge is 1.99. The van der Waals surface area contributed by atoms with E-state index < -0.39 is 0 Å². The quantitative estimate of drug-likeness (QED) is 0.839. The Kier molecular flexibility index (Phi) is 4.67. The van der Waals surface area contributed by atoms with Crippen molar-refractivity contribution in [3.8, 4) is 0 Å². The highest BCUT2D eigenvalue weighted by molar-refractivity contribution is 6.31. The zero-order chi connectivity index (χ0) is 12.8. The van der Waals surface area contributed by atoms with Gasteiger partial charge in [0.1, 0.15) is 5.82 Å². The second kappa shape index (κ2) is 6.47. The van der Waals surface area contributed by atoms with Crippen molar-refractivity contribution in [2.45, 2.75) is 13.0 Å². The fourth-order valence-corrected chi connectivity index (χ4v) is 1.88. The lowest BCUT2D eigenvalue weighted by Crippen LogP contribution is -2.17. The van der Waals surface area contributed by atoms with E-state index in [1.165, 1.54) is 6.07 Å². The summed E-state index contributed by atoms with van der Waals surface area (Å²) in [7, 11) is 0. The standard InChI is InChI=1S/C14H14ClFN2/c15-14-10-18-7-5-12(14)9-17-6-4-11-2-1-3-13(16)8-11/h1-3,5,7-8,10,17H,4,6,9H2. The lowest BCUT2D eigenvalue weighted by atomic mass is 10.1. The molecule has 0 bridgehead atoms. The Morgan fingerprint density at radius 2 is 2.17 bits per heavy atom. The molecule has 2 aromatic rings. The van der Waals surface area contributed by atoms with Crippen LogP contribution in [0.15, 0.2) is 42.7 Å². The number of hydrogen-bond donors (Lipinski definition) is 1. The van der Waals surface area contributed by atoms with Gasteiger partial charge in [-0.1, -0.05) is 23.7 Å². The average molecular weight is 265 g/mol. The second-order valence-electron chi connectivity index (χ2n) is 4.02. The van der Waals surface area contributed by atoms with Crippen molar-refractivity contribution in [2.75, 3.05) is 6.54 Å². The van der Waals surface area contributed by atoms with E-state index in [0.29, 0.717) is 11.6 Å². The van der Waals surface area contributed by atoms with E-state index in [-0.39, 0.29) is 5.82 Å². The first-order valence-corrected chi connectivity index (χ1v) is 6.17. The van der Waals surface area contributed by atoms with E-state index in [4.69, 9.17) is 11.6 Å². The van der Waals surface area contributed by atoms with Crippen molar-refractivity contribution in [3.05, 3.63) is 64.7 Å². The van der Waals surface area contributed by atoms with E-state index in [9.17, 15) is 4.39 Å². The van der Waals surface area contributed by atoms with Crippen LogP contribution in [-0.2, 0) is 13.0 Å². The molecule has 18 heavy (non-hydrogen) atoms. The second-order valence-corrected chi connectivity index (χ2v) is 4.43. The highest BCUT2D eigenvalue weighted by Crippen LogP contribution is 2.12. The molecule has 0 saturated carbocycles. The average Bonchev–Trinajstić information content (AvgIpc) is 2.37. The molecular weight excluding hydrogens is 251 g/mol. The lowest BCUT2D eigenvalue weighted by Gasteiger charge is -2.06. The minimum atomic E-state index is -0.190. The molecule has 0 amide bonds. The van der Waals surface area contributed by atoms with Crippen molar-refractivity contribution in [2.24, 2.45) is 0 Å². The molecule has 94 valence electrons. The van der Waals surface area contributed by atoms with Gasteiger partial charge in [0.2, 0.25) is 0 Å². The smallest absolute Gasteiger partial charge is 0.123 e. The first-order chi connectivity index (χ1) is 8.75. The number of rotatable bonds is 5. The van der Waals surface area contributed by atoms with E-state index in [1.807, 2.05) is 12.1 Å². The van der Waals surface area contributed by atoms with Gasteiger partial charge in [0.15, 0.2) is 0 Å². The van der Waals surface area contributed by atoms with E-state index >= 15 is 0 Å².